The molecule has 1 N–H and O–H groups in total. The second-order valence-corrected chi connectivity index (χ2v) is 8.91. The number of imide groups is 1. The maximum absolute atomic E-state index is 13.0. The first-order valence-corrected chi connectivity index (χ1v) is 10.8. The third-order valence-electron chi connectivity index (χ3n) is 4.77. The first kappa shape index (κ1) is 23.3. The van der Waals surface area contributed by atoms with Crippen molar-refractivity contribution in [2.24, 2.45) is 0 Å². The van der Waals surface area contributed by atoms with Crippen LogP contribution in [0.5, 0.6) is 0 Å². The van der Waals surface area contributed by atoms with E-state index in [0.29, 0.717) is 22.7 Å². The smallest absolute Gasteiger partial charge is 0.422 e. The summed E-state index contributed by atoms with van der Waals surface area (Å²) >= 11 is 6.09. The lowest BCUT2D eigenvalue weighted by Gasteiger charge is -2.23. The number of amides is 2. The molecule has 1 aromatic rings. The van der Waals surface area contributed by atoms with Gasteiger partial charge in [0.1, 0.15) is 11.4 Å². The summed E-state index contributed by atoms with van der Waals surface area (Å²) in [6.07, 6.45) is 7.44. The summed E-state index contributed by atoms with van der Waals surface area (Å²) in [6, 6.07) is 4.86. The number of hydrogen-bond donors (Lipinski definition) is 1. The van der Waals surface area contributed by atoms with Crippen molar-refractivity contribution >= 4 is 34.9 Å². The normalized spacial score (nSPS) is 15.5. The summed E-state index contributed by atoms with van der Waals surface area (Å²) in [5, 5.41) is 11.1. The summed E-state index contributed by atoms with van der Waals surface area (Å²) < 4.78 is 5.38. The lowest BCUT2D eigenvalue weighted by molar-refractivity contribution is -0.112. The molecule has 5 nitrogen and oxygen atoms in total. The lowest BCUT2D eigenvalue weighted by atomic mass is 10.0. The van der Waals surface area contributed by atoms with Gasteiger partial charge in [0.2, 0.25) is 0 Å². The Morgan fingerprint density at radius 3 is 2.34 bits per heavy atom. The third-order valence-corrected chi connectivity index (χ3v) is 5.00. The molecule has 0 unspecified atom stereocenters. The number of hydrogen-bond acceptors (Lipinski definition) is 4. The van der Waals surface area contributed by atoms with Gasteiger partial charge >= 0.3 is 6.09 Å². The molecule has 0 spiro atoms. The molecule has 0 aliphatic carbocycles. The van der Waals surface area contributed by atoms with Crippen molar-refractivity contribution < 1.29 is 19.4 Å². The molecule has 0 atom stereocenters. The average Bonchev–Trinajstić information content (AvgIpc) is 2.90. The number of allylic oxidation sites excluding steroid dienone is 1. The molecule has 0 fully saturated rings. The van der Waals surface area contributed by atoms with E-state index in [4.69, 9.17) is 16.3 Å². The number of anilines is 1. The largest absolute Gasteiger partial charge is 0.511 e. The van der Waals surface area contributed by atoms with Crippen molar-refractivity contribution in [2.75, 3.05) is 4.90 Å². The molecule has 1 aromatic carbocycles. The fraction of sp³-hybridized carbons (Fsp3) is 0.565. The molecule has 1 aliphatic heterocycles. The molecule has 1 aliphatic rings. The number of aliphatic hydroxyl groups is 1. The van der Waals surface area contributed by atoms with Crippen molar-refractivity contribution in [1.29, 1.82) is 0 Å². The molecule has 160 valence electrons. The Kier molecular flexibility index (Phi) is 8.14. The number of benzene rings is 1. The second kappa shape index (κ2) is 10.1. The van der Waals surface area contributed by atoms with E-state index in [9.17, 15) is 14.7 Å². The van der Waals surface area contributed by atoms with Crippen molar-refractivity contribution in [3.63, 3.8) is 0 Å². The van der Waals surface area contributed by atoms with Crippen molar-refractivity contribution in [1.82, 2.24) is 0 Å². The van der Waals surface area contributed by atoms with E-state index in [0.717, 1.165) is 24.2 Å². The molecular weight excluding hydrogens is 390 g/mol. The molecular formula is C23H32ClNO4. The van der Waals surface area contributed by atoms with Crippen LogP contribution in [0.2, 0.25) is 5.02 Å². The van der Waals surface area contributed by atoms with Crippen LogP contribution in [0.15, 0.2) is 24.0 Å². The lowest BCUT2D eigenvalue weighted by Crippen LogP contribution is -2.38. The fourth-order valence-corrected chi connectivity index (χ4v) is 3.55. The zero-order valence-corrected chi connectivity index (χ0v) is 18.6. The van der Waals surface area contributed by atoms with E-state index >= 15 is 0 Å². The van der Waals surface area contributed by atoms with Crippen LogP contribution < -0.4 is 4.90 Å². The molecule has 2 rings (SSSR count). The van der Waals surface area contributed by atoms with Gasteiger partial charge in [0.05, 0.1) is 11.3 Å². The molecule has 0 saturated heterocycles. The quantitative estimate of drug-likeness (QED) is 0.278. The predicted octanol–water partition coefficient (Wildman–Crippen LogP) is 7.03. The Hall–Kier alpha value is -2.01. The summed E-state index contributed by atoms with van der Waals surface area (Å²) in [4.78, 5) is 26.6. The molecule has 2 amide bonds. The van der Waals surface area contributed by atoms with E-state index in [1.807, 2.05) is 0 Å². The predicted molar refractivity (Wildman–Crippen MR) is 117 cm³/mol. The van der Waals surface area contributed by atoms with E-state index in [1.54, 1.807) is 39.0 Å². The maximum atomic E-state index is 13.0. The summed E-state index contributed by atoms with van der Waals surface area (Å²) in [5.41, 5.74) is 0.264. The summed E-state index contributed by atoms with van der Waals surface area (Å²) in [5.74, 6) is -0.560. The first-order chi connectivity index (χ1) is 13.7. The van der Waals surface area contributed by atoms with E-state index in [1.165, 1.54) is 25.7 Å². The zero-order chi connectivity index (χ0) is 21.6. The highest BCUT2D eigenvalue weighted by molar-refractivity contribution is 6.40. The van der Waals surface area contributed by atoms with Crippen LogP contribution in [0.3, 0.4) is 0 Å². The van der Waals surface area contributed by atoms with E-state index in [2.05, 4.69) is 6.92 Å². The molecule has 6 heteroatoms. The van der Waals surface area contributed by atoms with E-state index < -0.39 is 17.6 Å². The number of unbranched alkanes of at least 4 members (excludes halogenated alkanes) is 6. The topological polar surface area (TPSA) is 66.8 Å². The monoisotopic (exact) mass is 421 g/mol. The molecule has 0 aromatic heterocycles. The maximum Gasteiger partial charge on any atom is 0.422 e. The van der Waals surface area contributed by atoms with Crippen LogP contribution in [0.25, 0.3) is 5.57 Å². The number of fused-ring (bicyclic) bond motifs is 1. The number of ether oxygens (including phenoxy) is 1. The van der Waals surface area contributed by atoms with Gasteiger partial charge < -0.3 is 9.84 Å². The number of carbonyl (C=O) groups excluding carboxylic acids is 2. The van der Waals surface area contributed by atoms with Gasteiger partial charge in [-0.3, -0.25) is 4.79 Å². The number of aliphatic hydroxyl groups excluding tert-OH is 1. The molecule has 0 bridgehead atoms. The van der Waals surface area contributed by atoms with Gasteiger partial charge in [0.25, 0.3) is 5.91 Å². The highest BCUT2D eigenvalue weighted by atomic mass is 35.5. The SMILES string of the molecule is CCCCCCCCCC(O)=C1C(=O)N(C(=O)OC(C)(C)C)c2cc(Cl)ccc21. The van der Waals surface area contributed by atoms with Crippen LogP contribution in [0.1, 0.15) is 84.6 Å². The Labute approximate surface area is 178 Å². The van der Waals surface area contributed by atoms with Gasteiger partial charge in [-0.15, -0.1) is 0 Å². The minimum atomic E-state index is -0.773. The van der Waals surface area contributed by atoms with Crippen LogP contribution in [-0.4, -0.2) is 22.7 Å². The van der Waals surface area contributed by atoms with Gasteiger partial charge in [0.15, 0.2) is 0 Å². The number of nitrogens with zero attached hydrogens (tertiary/aromatic N) is 1. The van der Waals surface area contributed by atoms with Gasteiger partial charge in [-0.2, -0.15) is 0 Å². The molecule has 29 heavy (non-hydrogen) atoms. The standard InChI is InChI=1S/C23H32ClNO4/c1-5-6-7-8-9-10-11-12-19(26)20-17-14-13-16(24)15-18(17)25(21(20)27)22(28)29-23(2,3)4/h13-15,26H,5-12H2,1-4H3. The zero-order valence-electron chi connectivity index (χ0n) is 17.9. The first-order valence-electron chi connectivity index (χ1n) is 10.4. The van der Waals surface area contributed by atoms with Crippen molar-refractivity contribution in [3.8, 4) is 0 Å². The Balaban J connectivity index is 2.17. The van der Waals surface area contributed by atoms with Crippen molar-refractivity contribution in [3.05, 3.63) is 34.5 Å². The van der Waals surface area contributed by atoms with Gasteiger partial charge in [-0.25, -0.2) is 9.69 Å². The fourth-order valence-electron chi connectivity index (χ4n) is 3.38. The van der Waals surface area contributed by atoms with Gasteiger partial charge in [-0.05, 0) is 39.3 Å². The number of carbonyl (C=O) groups is 2. The van der Waals surface area contributed by atoms with Crippen LogP contribution in [0.4, 0.5) is 10.5 Å². The molecule has 0 radical (unpaired) electrons. The Bertz CT molecular complexity index is 780. The highest BCUT2D eigenvalue weighted by Crippen LogP contribution is 2.41. The highest BCUT2D eigenvalue weighted by Gasteiger charge is 2.41. The number of rotatable bonds is 8. The van der Waals surface area contributed by atoms with Crippen LogP contribution >= 0.6 is 11.6 Å². The van der Waals surface area contributed by atoms with Crippen molar-refractivity contribution in [2.45, 2.75) is 84.7 Å². The number of halogens is 1. The Morgan fingerprint density at radius 2 is 1.72 bits per heavy atom. The molecule has 0 saturated carbocycles. The molecule has 1 heterocycles. The second-order valence-electron chi connectivity index (χ2n) is 8.48. The van der Waals surface area contributed by atoms with Gasteiger partial charge in [-0.1, -0.05) is 63.1 Å². The minimum Gasteiger partial charge on any atom is -0.511 e. The van der Waals surface area contributed by atoms with Crippen LogP contribution in [0, 0.1) is 0 Å². The van der Waals surface area contributed by atoms with E-state index in [-0.39, 0.29) is 11.3 Å². The third kappa shape index (κ3) is 6.23. The summed E-state index contributed by atoms with van der Waals surface area (Å²) in [7, 11) is 0. The Morgan fingerprint density at radius 1 is 1.10 bits per heavy atom. The summed E-state index contributed by atoms with van der Waals surface area (Å²) in [6.45, 7) is 7.39. The van der Waals surface area contributed by atoms with Gasteiger partial charge in [0, 0.05) is 17.0 Å². The van der Waals surface area contributed by atoms with Crippen LogP contribution in [-0.2, 0) is 9.53 Å². The average molecular weight is 422 g/mol. The minimum absolute atomic E-state index is 0.0122.